The molecule has 2 amide bonds. The fraction of sp³-hybridized carbons (Fsp3) is 0.125. The molecule has 4 rings (SSSR count). The number of rotatable bonds is 6. The summed E-state index contributed by atoms with van der Waals surface area (Å²) in [7, 11) is 0. The number of nitrogens with zero attached hydrogens (tertiary/aromatic N) is 3. The molecule has 3 aromatic carbocycles. The van der Waals surface area contributed by atoms with Crippen molar-refractivity contribution in [2.45, 2.75) is 19.7 Å². The minimum atomic E-state index is -4.64. The smallest absolute Gasteiger partial charge is 0.417 e. The fourth-order valence-corrected chi connectivity index (χ4v) is 3.35. The number of aryl methyl sites for hydroxylation is 1. The predicted octanol–water partition coefficient (Wildman–Crippen LogP) is 6.47. The van der Waals surface area contributed by atoms with E-state index < -0.39 is 22.8 Å². The molecular formula is C24H19ClF3N5O2. The van der Waals surface area contributed by atoms with Gasteiger partial charge in [-0.15, -0.1) is 5.10 Å². The molecule has 0 bridgehead atoms. The lowest BCUT2D eigenvalue weighted by Gasteiger charge is -2.13. The van der Waals surface area contributed by atoms with Crippen LogP contribution in [-0.2, 0) is 12.8 Å². The standard InChI is InChI=1S/C24H19ClF3N5O2/c1-15-5-8-19(9-6-15)33-13-18(31-32-33)14-35-20-4-2-3-16(11-20)29-23(34)30-17-7-10-22(25)21(12-17)24(26,27)28/h2-13H,14H2,1H3,(H2,29,30,34). The maximum atomic E-state index is 13.0. The summed E-state index contributed by atoms with van der Waals surface area (Å²) in [5.74, 6) is 0.457. The van der Waals surface area contributed by atoms with E-state index in [1.165, 1.54) is 6.07 Å². The first-order valence-corrected chi connectivity index (χ1v) is 10.7. The van der Waals surface area contributed by atoms with Crippen LogP contribution in [0.2, 0.25) is 5.02 Å². The van der Waals surface area contributed by atoms with Gasteiger partial charge in [0, 0.05) is 17.4 Å². The van der Waals surface area contributed by atoms with Crippen molar-refractivity contribution in [1.82, 2.24) is 15.0 Å². The van der Waals surface area contributed by atoms with Gasteiger partial charge in [-0.05, 0) is 49.4 Å². The van der Waals surface area contributed by atoms with Gasteiger partial charge in [0.15, 0.2) is 0 Å². The lowest BCUT2D eigenvalue weighted by Crippen LogP contribution is -2.20. The highest BCUT2D eigenvalue weighted by molar-refractivity contribution is 6.31. The molecule has 7 nitrogen and oxygen atoms in total. The summed E-state index contributed by atoms with van der Waals surface area (Å²) in [6, 6.07) is 16.8. The number of urea groups is 1. The monoisotopic (exact) mass is 501 g/mol. The van der Waals surface area contributed by atoms with Crippen molar-refractivity contribution in [2.24, 2.45) is 0 Å². The zero-order chi connectivity index (χ0) is 25.0. The van der Waals surface area contributed by atoms with E-state index in [0.29, 0.717) is 17.1 Å². The van der Waals surface area contributed by atoms with E-state index in [4.69, 9.17) is 16.3 Å². The van der Waals surface area contributed by atoms with Crippen LogP contribution in [0.4, 0.5) is 29.3 Å². The van der Waals surface area contributed by atoms with Gasteiger partial charge in [0.2, 0.25) is 0 Å². The molecule has 4 aromatic rings. The van der Waals surface area contributed by atoms with Crippen LogP contribution in [0.5, 0.6) is 5.75 Å². The molecule has 0 saturated heterocycles. The number of ether oxygens (including phenoxy) is 1. The largest absolute Gasteiger partial charge is 0.487 e. The van der Waals surface area contributed by atoms with Crippen molar-refractivity contribution < 1.29 is 22.7 Å². The quantitative estimate of drug-likeness (QED) is 0.317. The average Bonchev–Trinajstić information content (AvgIpc) is 3.28. The number of benzene rings is 3. The van der Waals surface area contributed by atoms with E-state index in [9.17, 15) is 18.0 Å². The average molecular weight is 502 g/mol. The summed E-state index contributed by atoms with van der Waals surface area (Å²) in [6.45, 7) is 2.14. The summed E-state index contributed by atoms with van der Waals surface area (Å²) in [5.41, 5.74) is 1.90. The number of hydrogen-bond donors (Lipinski definition) is 2. The van der Waals surface area contributed by atoms with Crippen molar-refractivity contribution in [3.63, 3.8) is 0 Å². The van der Waals surface area contributed by atoms with Crippen molar-refractivity contribution in [3.05, 3.63) is 94.8 Å². The molecule has 11 heteroatoms. The van der Waals surface area contributed by atoms with E-state index in [1.807, 2.05) is 31.2 Å². The minimum absolute atomic E-state index is 0.0525. The number of halogens is 4. The van der Waals surface area contributed by atoms with Gasteiger partial charge in [0.1, 0.15) is 18.1 Å². The van der Waals surface area contributed by atoms with Crippen LogP contribution in [0.1, 0.15) is 16.8 Å². The molecule has 0 aliphatic rings. The molecule has 0 saturated carbocycles. The van der Waals surface area contributed by atoms with Gasteiger partial charge in [0.05, 0.1) is 22.5 Å². The fourth-order valence-electron chi connectivity index (χ4n) is 3.12. The lowest BCUT2D eigenvalue weighted by atomic mass is 10.2. The number of aromatic nitrogens is 3. The van der Waals surface area contributed by atoms with E-state index in [0.717, 1.165) is 23.4 Å². The molecule has 0 spiro atoms. The predicted molar refractivity (Wildman–Crippen MR) is 126 cm³/mol. The molecule has 0 aliphatic heterocycles. The molecule has 2 N–H and O–H groups in total. The van der Waals surface area contributed by atoms with Gasteiger partial charge in [-0.3, -0.25) is 0 Å². The second-order valence-electron chi connectivity index (χ2n) is 7.58. The third-order valence-corrected chi connectivity index (χ3v) is 5.18. The Morgan fingerprint density at radius 2 is 1.74 bits per heavy atom. The Balaban J connectivity index is 1.35. The van der Waals surface area contributed by atoms with Crippen molar-refractivity contribution >= 4 is 29.0 Å². The van der Waals surface area contributed by atoms with E-state index in [2.05, 4.69) is 20.9 Å². The van der Waals surface area contributed by atoms with Crippen LogP contribution in [0.3, 0.4) is 0 Å². The zero-order valence-corrected chi connectivity index (χ0v) is 19.1. The van der Waals surface area contributed by atoms with Crippen LogP contribution >= 0.6 is 11.6 Å². The van der Waals surface area contributed by atoms with E-state index in [-0.39, 0.29) is 12.3 Å². The molecule has 0 fully saturated rings. The van der Waals surface area contributed by atoms with Gasteiger partial charge >= 0.3 is 12.2 Å². The second-order valence-corrected chi connectivity index (χ2v) is 7.99. The number of nitrogens with one attached hydrogen (secondary N) is 2. The number of amides is 2. The Hall–Kier alpha value is -4.05. The molecular weight excluding hydrogens is 483 g/mol. The summed E-state index contributed by atoms with van der Waals surface area (Å²) >= 11 is 5.60. The van der Waals surface area contributed by atoms with Crippen molar-refractivity contribution in [3.8, 4) is 11.4 Å². The van der Waals surface area contributed by atoms with Crippen LogP contribution in [-0.4, -0.2) is 21.0 Å². The first kappa shape index (κ1) is 24.1. The molecule has 35 heavy (non-hydrogen) atoms. The van der Waals surface area contributed by atoms with Gasteiger partial charge in [-0.25, -0.2) is 9.48 Å². The summed E-state index contributed by atoms with van der Waals surface area (Å²) in [6.07, 6.45) is -2.88. The van der Waals surface area contributed by atoms with Gasteiger partial charge in [-0.1, -0.05) is 40.6 Å². The van der Waals surface area contributed by atoms with Gasteiger partial charge in [0.25, 0.3) is 0 Å². The van der Waals surface area contributed by atoms with Crippen LogP contribution < -0.4 is 15.4 Å². The number of carbonyl (C=O) groups excluding carboxylic acids is 1. The first-order chi connectivity index (χ1) is 16.7. The molecule has 0 aliphatic carbocycles. The number of carbonyl (C=O) groups is 1. The number of anilines is 2. The Kier molecular flexibility index (Phi) is 6.92. The van der Waals surface area contributed by atoms with E-state index in [1.54, 1.807) is 35.1 Å². The zero-order valence-electron chi connectivity index (χ0n) is 18.3. The number of alkyl halides is 3. The molecule has 1 aromatic heterocycles. The van der Waals surface area contributed by atoms with Crippen molar-refractivity contribution in [2.75, 3.05) is 10.6 Å². The Morgan fingerprint density at radius 3 is 2.46 bits per heavy atom. The summed E-state index contributed by atoms with van der Waals surface area (Å²) in [5, 5.41) is 12.7. The SMILES string of the molecule is Cc1ccc(-n2cc(COc3cccc(NC(=O)Nc4ccc(Cl)c(C(F)(F)F)c4)c3)nn2)cc1. The van der Waals surface area contributed by atoms with Gasteiger partial charge < -0.3 is 15.4 Å². The third kappa shape index (κ3) is 6.30. The highest BCUT2D eigenvalue weighted by Crippen LogP contribution is 2.36. The highest BCUT2D eigenvalue weighted by Gasteiger charge is 2.33. The van der Waals surface area contributed by atoms with Gasteiger partial charge in [-0.2, -0.15) is 13.2 Å². The number of hydrogen-bond acceptors (Lipinski definition) is 4. The Bertz CT molecular complexity index is 1340. The third-order valence-electron chi connectivity index (χ3n) is 4.85. The highest BCUT2D eigenvalue weighted by atomic mass is 35.5. The molecule has 0 atom stereocenters. The lowest BCUT2D eigenvalue weighted by molar-refractivity contribution is -0.137. The summed E-state index contributed by atoms with van der Waals surface area (Å²) < 4.78 is 46.4. The van der Waals surface area contributed by atoms with E-state index >= 15 is 0 Å². The first-order valence-electron chi connectivity index (χ1n) is 10.3. The molecule has 180 valence electrons. The summed E-state index contributed by atoms with van der Waals surface area (Å²) in [4.78, 5) is 12.3. The van der Waals surface area contributed by atoms with Crippen LogP contribution in [0.15, 0.2) is 72.9 Å². The maximum Gasteiger partial charge on any atom is 0.417 e. The Labute approximate surface area is 203 Å². The molecule has 0 radical (unpaired) electrons. The van der Waals surface area contributed by atoms with Crippen LogP contribution in [0, 0.1) is 6.92 Å². The van der Waals surface area contributed by atoms with Crippen molar-refractivity contribution in [1.29, 1.82) is 0 Å². The maximum absolute atomic E-state index is 13.0. The molecule has 1 heterocycles. The minimum Gasteiger partial charge on any atom is -0.487 e. The topological polar surface area (TPSA) is 81.1 Å². The Morgan fingerprint density at radius 1 is 1.03 bits per heavy atom. The molecule has 0 unspecified atom stereocenters. The second kappa shape index (κ2) is 10.1. The van der Waals surface area contributed by atoms with Crippen LogP contribution in [0.25, 0.3) is 5.69 Å². The normalized spacial score (nSPS) is 11.2.